The molecule has 0 aliphatic carbocycles. The molecule has 1 aromatic rings. The maximum absolute atomic E-state index is 13.8. The molecule has 0 aliphatic heterocycles. The van der Waals surface area contributed by atoms with Crippen LogP contribution in [0.5, 0.6) is 0 Å². The van der Waals surface area contributed by atoms with Gasteiger partial charge in [0.1, 0.15) is 23.5 Å². The van der Waals surface area contributed by atoms with Crippen LogP contribution < -0.4 is 16.0 Å². The highest BCUT2D eigenvalue weighted by atomic mass is 19.1. The summed E-state index contributed by atoms with van der Waals surface area (Å²) in [5.41, 5.74) is -1.27. The lowest BCUT2D eigenvalue weighted by molar-refractivity contribution is -0.127. The number of anilines is 1. The largest absolute Gasteiger partial charge is 0.478 e. The molecule has 1 rings (SSSR count). The normalized spacial score (nSPS) is 13.1. The molecule has 0 fully saturated rings. The van der Waals surface area contributed by atoms with Gasteiger partial charge in [-0.25, -0.2) is 14.0 Å². The Kier molecular flexibility index (Phi) is 7.48. The van der Waals surface area contributed by atoms with E-state index in [1.165, 1.54) is 13.8 Å². The van der Waals surface area contributed by atoms with Gasteiger partial charge in [-0.1, -0.05) is 0 Å². The minimum Gasteiger partial charge on any atom is -0.478 e. The van der Waals surface area contributed by atoms with E-state index in [0.717, 1.165) is 18.2 Å². The number of halogens is 1. The summed E-state index contributed by atoms with van der Waals surface area (Å²) in [4.78, 5) is 46.9. The average Bonchev–Trinajstić information content (AvgIpc) is 2.54. The van der Waals surface area contributed by atoms with E-state index in [9.17, 15) is 23.6 Å². The van der Waals surface area contributed by atoms with Gasteiger partial charge < -0.3 is 25.8 Å². The molecule has 0 saturated heterocycles. The molecule has 0 aromatic heterocycles. The lowest BCUT2D eigenvalue weighted by atomic mass is 10.2. The monoisotopic (exact) mass is 397 g/mol. The van der Waals surface area contributed by atoms with Crippen LogP contribution in [0, 0.1) is 5.82 Å². The van der Waals surface area contributed by atoms with Gasteiger partial charge in [0.15, 0.2) is 0 Å². The number of benzene rings is 1. The van der Waals surface area contributed by atoms with Crippen LogP contribution >= 0.6 is 0 Å². The van der Waals surface area contributed by atoms with Crippen LogP contribution in [0.4, 0.5) is 14.9 Å². The molecule has 1 aromatic carbocycles. The van der Waals surface area contributed by atoms with Gasteiger partial charge in [0.2, 0.25) is 11.8 Å². The zero-order valence-electron chi connectivity index (χ0n) is 16.3. The summed E-state index contributed by atoms with van der Waals surface area (Å²) in [5, 5.41) is 15.8. The Morgan fingerprint density at radius 2 is 1.61 bits per heavy atom. The van der Waals surface area contributed by atoms with Gasteiger partial charge in [-0.05, 0) is 52.8 Å². The molecule has 0 unspecified atom stereocenters. The Hall–Kier alpha value is -3.17. The number of carboxylic acid groups (broad SMARTS) is 1. The van der Waals surface area contributed by atoms with E-state index in [0.29, 0.717) is 0 Å². The fraction of sp³-hybridized carbons (Fsp3) is 0.444. The summed E-state index contributed by atoms with van der Waals surface area (Å²) < 4.78 is 18.8. The molecule has 4 N–H and O–H groups in total. The van der Waals surface area contributed by atoms with Crippen molar-refractivity contribution >= 4 is 29.6 Å². The van der Waals surface area contributed by atoms with Crippen molar-refractivity contribution in [2.24, 2.45) is 0 Å². The summed E-state index contributed by atoms with van der Waals surface area (Å²) in [6.07, 6.45) is -0.792. The molecule has 10 heteroatoms. The van der Waals surface area contributed by atoms with Gasteiger partial charge in [0.25, 0.3) is 0 Å². The molecule has 0 aliphatic rings. The molecule has 28 heavy (non-hydrogen) atoms. The lowest BCUT2D eigenvalue weighted by Gasteiger charge is -2.22. The molecule has 0 heterocycles. The molecular formula is C18H24FN3O6. The summed E-state index contributed by atoms with van der Waals surface area (Å²) >= 11 is 0. The number of carbonyl (C=O) groups excluding carboxylic acids is 3. The summed E-state index contributed by atoms with van der Waals surface area (Å²) in [5.74, 6) is -3.52. The minimum absolute atomic E-state index is 0.205. The standard InChI is InChI=1S/C18H24FN3O6/c1-9(20-14(23)10(2)21-17(27)28-18(3,4)5)15(24)22-13-8-11(16(25)26)6-7-12(13)19/h6-10H,1-5H3,(H,20,23)(H,21,27)(H,22,24)(H,25,26)/t9-,10-/m0/s1. The van der Waals surface area contributed by atoms with E-state index in [4.69, 9.17) is 9.84 Å². The quantitative estimate of drug-likeness (QED) is 0.579. The van der Waals surface area contributed by atoms with E-state index in [2.05, 4.69) is 16.0 Å². The van der Waals surface area contributed by atoms with Gasteiger partial charge in [0.05, 0.1) is 11.3 Å². The Morgan fingerprint density at radius 3 is 2.14 bits per heavy atom. The van der Waals surface area contributed by atoms with Crippen LogP contribution in [-0.2, 0) is 14.3 Å². The molecule has 2 atom stereocenters. The number of carboxylic acids is 1. The van der Waals surface area contributed by atoms with Crippen molar-refractivity contribution in [1.82, 2.24) is 10.6 Å². The van der Waals surface area contributed by atoms with E-state index in [-0.39, 0.29) is 11.3 Å². The molecular weight excluding hydrogens is 373 g/mol. The minimum atomic E-state index is -1.28. The van der Waals surface area contributed by atoms with Crippen LogP contribution in [0.25, 0.3) is 0 Å². The van der Waals surface area contributed by atoms with Gasteiger partial charge >= 0.3 is 12.1 Å². The highest BCUT2D eigenvalue weighted by Gasteiger charge is 2.24. The number of carbonyl (C=O) groups is 4. The summed E-state index contributed by atoms with van der Waals surface area (Å²) in [7, 11) is 0. The smallest absolute Gasteiger partial charge is 0.408 e. The second kappa shape index (κ2) is 9.16. The Labute approximate surface area is 161 Å². The fourth-order valence-corrected chi connectivity index (χ4v) is 1.95. The van der Waals surface area contributed by atoms with E-state index >= 15 is 0 Å². The highest BCUT2D eigenvalue weighted by Crippen LogP contribution is 2.16. The first-order valence-electron chi connectivity index (χ1n) is 8.43. The zero-order valence-corrected chi connectivity index (χ0v) is 16.3. The number of nitrogens with one attached hydrogen (secondary N) is 3. The second-order valence-corrected chi connectivity index (χ2v) is 7.09. The Balaban J connectivity index is 2.67. The van der Waals surface area contributed by atoms with Crippen molar-refractivity contribution in [1.29, 1.82) is 0 Å². The fourth-order valence-electron chi connectivity index (χ4n) is 1.95. The summed E-state index contributed by atoms with van der Waals surface area (Å²) in [6.45, 7) is 7.76. The maximum atomic E-state index is 13.8. The predicted octanol–water partition coefficient (Wildman–Crippen LogP) is 1.88. The maximum Gasteiger partial charge on any atom is 0.408 e. The number of ether oxygens (including phenoxy) is 1. The first-order valence-corrected chi connectivity index (χ1v) is 8.43. The van der Waals surface area contributed by atoms with Crippen LogP contribution in [0.1, 0.15) is 45.0 Å². The SMILES string of the molecule is C[C@H](NC(=O)OC(C)(C)C)C(=O)N[C@@H](C)C(=O)Nc1cc(C(=O)O)ccc1F. The van der Waals surface area contributed by atoms with Gasteiger partial charge in [-0.3, -0.25) is 9.59 Å². The lowest BCUT2D eigenvalue weighted by Crippen LogP contribution is -2.51. The number of aromatic carboxylic acids is 1. The third-order valence-corrected chi connectivity index (χ3v) is 3.35. The summed E-state index contributed by atoms with van der Waals surface area (Å²) in [6, 6.07) is 0.870. The molecule has 0 saturated carbocycles. The Morgan fingerprint density at radius 1 is 1.04 bits per heavy atom. The number of alkyl carbamates (subject to hydrolysis) is 1. The van der Waals surface area contributed by atoms with E-state index in [1.54, 1.807) is 20.8 Å². The number of hydrogen-bond acceptors (Lipinski definition) is 5. The van der Waals surface area contributed by atoms with Crippen LogP contribution in [0.2, 0.25) is 0 Å². The predicted molar refractivity (Wildman–Crippen MR) is 98.4 cm³/mol. The molecule has 0 radical (unpaired) electrons. The third kappa shape index (κ3) is 7.22. The first-order chi connectivity index (χ1) is 12.8. The third-order valence-electron chi connectivity index (χ3n) is 3.35. The van der Waals surface area contributed by atoms with Crippen molar-refractivity contribution in [3.63, 3.8) is 0 Å². The van der Waals surface area contributed by atoms with E-state index in [1.807, 2.05) is 0 Å². The van der Waals surface area contributed by atoms with Crippen LogP contribution in [0.3, 0.4) is 0 Å². The molecule has 9 nitrogen and oxygen atoms in total. The highest BCUT2D eigenvalue weighted by molar-refractivity contribution is 5.99. The zero-order chi connectivity index (χ0) is 21.6. The van der Waals surface area contributed by atoms with Gasteiger partial charge in [-0.15, -0.1) is 0 Å². The molecule has 0 bridgehead atoms. The molecule has 154 valence electrons. The van der Waals surface area contributed by atoms with Crippen molar-refractivity contribution in [2.75, 3.05) is 5.32 Å². The topological polar surface area (TPSA) is 134 Å². The van der Waals surface area contributed by atoms with Crippen molar-refractivity contribution in [3.8, 4) is 0 Å². The van der Waals surface area contributed by atoms with Crippen molar-refractivity contribution in [2.45, 2.75) is 52.3 Å². The van der Waals surface area contributed by atoms with Crippen molar-refractivity contribution in [3.05, 3.63) is 29.6 Å². The Bertz CT molecular complexity index is 775. The van der Waals surface area contributed by atoms with Gasteiger partial charge in [-0.2, -0.15) is 0 Å². The van der Waals surface area contributed by atoms with Crippen LogP contribution in [0.15, 0.2) is 18.2 Å². The first kappa shape index (κ1) is 22.9. The van der Waals surface area contributed by atoms with Crippen molar-refractivity contribution < 1.29 is 33.4 Å². The number of hydrogen-bond donors (Lipinski definition) is 4. The van der Waals surface area contributed by atoms with Crippen LogP contribution in [-0.4, -0.2) is 46.7 Å². The van der Waals surface area contributed by atoms with E-state index < -0.39 is 47.4 Å². The second-order valence-electron chi connectivity index (χ2n) is 7.09. The average molecular weight is 397 g/mol. The number of rotatable bonds is 6. The molecule has 0 spiro atoms. The number of amides is 3. The van der Waals surface area contributed by atoms with Gasteiger partial charge in [0, 0.05) is 0 Å². The molecule has 3 amide bonds.